The average Bonchev–Trinajstić information content (AvgIpc) is 2.29. The van der Waals surface area contributed by atoms with Crippen LogP contribution >= 0.6 is 12.2 Å². The molecule has 1 amide bonds. The summed E-state index contributed by atoms with van der Waals surface area (Å²) in [5.74, 6) is 0.0380. The van der Waals surface area contributed by atoms with E-state index in [9.17, 15) is 4.79 Å². The molecule has 0 aromatic heterocycles. The number of hydrogen-bond donors (Lipinski definition) is 1. The number of ether oxygens (including phenoxy) is 2. The predicted octanol–water partition coefficient (Wildman–Crippen LogP) is 0.953. The van der Waals surface area contributed by atoms with Crippen molar-refractivity contribution in [2.24, 2.45) is 5.73 Å². The van der Waals surface area contributed by atoms with Crippen LogP contribution in [0.3, 0.4) is 0 Å². The fourth-order valence-corrected chi connectivity index (χ4v) is 1.29. The van der Waals surface area contributed by atoms with E-state index >= 15 is 0 Å². The first-order valence-electron chi connectivity index (χ1n) is 6.15. The second-order valence-electron chi connectivity index (χ2n) is 4.31. The maximum atomic E-state index is 11.6. The van der Waals surface area contributed by atoms with E-state index in [1.165, 1.54) is 0 Å². The molecular weight excluding hydrogens is 252 g/mol. The quantitative estimate of drug-likeness (QED) is 0.475. The number of thiocarbonyl (C=S) groups is 1. The van der Waals surface area contributed by atoms with Gasteiger partial charge in [-0.25, -0.2) is 0 Å². The first-order chi connectivity index (χ1) is 8.43. The summed E-state index contributed by atoms with van der Waals surface area (Å²) in [6, 6.07) is 0. The fourth-order valence-electron chi connectivity index (χ4n) is 1.20. The smallest absolute Gasteiger partial charge is 0.224 e. The van der Waals surface area contributed by atoms with Crippen LogP contribution in [-0.2, 0) is 14.3 Å². The second kappa shape index (κ2) is 10.2. The van der Waals surface area contributed by atoms with Gasteiger partial charge in [-0.2, -0.15) is 0 Å². The van der Waals surface area contributed by atoms with E-state index in [0.29, 0.717) is 44.2 Å². The lowest BCUT2D eigenvalue weighted by atomic mass is 10.3. The van der Waals surface area contributed by atoms with E-state index < -0.39 is 0 Å². The zero-order valence-corrected chi connectivity index (χ0v) is 12.3. The zero-order chi connectivity index (χ0) is 14.0. The molecule has 0 aromatic carbocycles. The number of nitrogens with two attached hydrogens (primary N) is 1. The average molecular weight is 276 g/mol. The second-order valence-corrected chi connectivity index (χ2v) is 4.84. The summed E-state index contributed by atoms with van der Waals surface area (Å²) < 4.78 is 10.6. The minimum Gasteiger partial charge on any atom is -0.393 e. The van der Waals surface area contributed by atoms with Crippen LogP contribution in [0.5, 0.6) is 0 Å². The Balaban J connectivity index is 3.49. The van der Waals surface area contributed by atoms with Crippen molar-refractivity contribution in [3.05, 3.63) is 0 Å². The molecule has 0 atom stereocenters. The van der Waals surface area contributed by atoms with E-state index in [-0.39, 0.29) is 12.0 Å². The molecule has 0 aliphatic heterocycles. The van der Waals surface area contributed by atoms with Gasteiger partial charge in [0.15, 0.2) is 0 Å². The molecule has 0 spiro atoms. The highest BCUT2D eigenvalue weighted by atomic mass is 32.1. The molecule has 0 saturated heterocycles. The Morgan fingerprint density at radius 3 is 2.50 bits per heavy atom. The number of carbonyl (C=O) groups excluding carboxylic acids is 1. The number of amides is 1. The number of hydrogen-bond acceptors (Lipinski definition) is 4. The summed E-state index contributed by atoms with van der Waals surface area (Å²) >= 11 is 4.76. The van der Waals surface area contributed by atoms with Gasteiger partial charge in [0.25, 0.3) is 0 Å². The van der Waals surface area contributed by atoms with Crippen LogP contribution in [0.1, 0.15) is 26.7 Å². The third-order valence-electron chi connectivity index (χ3n) is 2.26. The Labute approximate surface area is 115 Å². The van der Waals surface area contributed by atoms with Gasteiger partial charge in [0.2, 0.25) is 5.91 Å². The standard InChI is InChI=1S/C12H24N2O3S/c1-10(2)17-9-8-16-7-5-12(15)14(3)6-4-11(13)18/h10H,4-9H2,1-3H3,(H2,13,18). The molecule has 0 radical (unpaired) electrons. The molecule has 2 N–H and O–H groups in total. The van der Waals surface area contributed by atoms with Crippen LogP contribution in [0.2, 0.25) is 0 Å². The number of carbonyl (C=O) groups is 1. The van der Waals surface area contributed by atoms with E-state index in [2.05, 4.69) is 0 Å². The molecule has 0 rings (SSSR count). The normalized spacial score (nSPS) is 10.7. The minimum absolute atomic E-state index is 0.0380. The van der Waals surface area contributed by atoms with Gasteiger partial charge in [-0.15, -0.1) is 0 Å². The molecule has 0 heterocycles. The van der Waals surface area contributed by atoms with E-state index in [4.69, 9.17) is 27.4 Å². The zero-order valence-electron chi connectivity index (χ0n) is 11.5. The summed E-state index contributed by atoms with van der Waals surface area (Å²) in [6.45, 7) is 5.99. The van der Waals surface area contributed by atoms with Crippen LogP contribution in [0, 0.1) is 0 Å². The Kier molecular flexibility index (Phi) is 9.82. The van der Waals surface area contributed by atoms with Crippen molar-refractivity contribution in [1.29, 1.82) is 0 Å². The van der Waals surface area contributed by atoms with E-state index in [0.717, 1.165) is 0 Å². The third-order valence-corrected chi connectivity index (χ3v) is 2.46. The Bertz CT molecular complexity index is 260. The Morgan fingerprint density at radius 1 is 1.28 bits per heavy atom. The third kappa shape index (κ3) is 10.4. The summed E-state index contributed by atoms with van der Waals surface area (Å²) in [4.78, 5) is 13.7. The molecular formula is C12H24N2O3S. The molecule has 0 bridgehead atoms. The van der Waals surface area contributed by atoms with Gasteiger partial charge in [-0.3, -0.25) is 4.79 Å². The van der Waals surface area contributed by atoms with Crippen LogP contribution in [-0.4, -0.2) is 55.3 Å². The van der Waals surface area contributed by atoms with Gasteiger partial charge in [0.05, 0.1) is 37.3 Å². The maximum absolute atomic E-state index is 11.6. The van der Waals surface area contributed by atoms with Crippen LogP contribution < -0.4 is 5.73 Å². The first kappa shape index (κ1) is 17.3. The van der Waals surface area contributed by atoms with Crippen LogP contribution in [0.25, 0.3) is 0 Å². The number of rotatable bonds is 10. The maximum Gasteiger partial charge on any atom is 0.224 e. The van der Waals surface area contributed by atoms with Gasteiger partial charge >= 0.3 is 0 Å². The molecule has 18 heavy (non-hydrogen) atoms. The van der Waals surface area contributed by atoms with Crippen molar-refractivity contribution in [2.75, 3.05) is 33.4 Å². The molecule has 0 aliphatic carbocycles. The molecule has 6 heteroatoms. The highest BCUT2D eigenvalue weighted by Gasteiger charge is 2.08. The summed E-state index contributed by atoms with van der Waals surface area (Å²) in [5.41, 5.74) is 5.38. The van der Waals surface area contributed by atoms with Gasteiger partial charge in [-0.05, 0) is 13.8 Å². The first-order valence-corrected chi connectivity index (χ1v) is 6.56. The van der Waals surface area contributed by atoms with Crippen molar-refractivity contribution < 1.29 is 14.3 Å². The highest BCUT2D eigenvalue weighted by molar-refractivity contribution is 7.80. The monoisotopic (exact) mass is 276 g/mol. The molecule has 0 saturated carbocycles. The fraction of sp³-hybridized carbons (Fsp3) is 0.833. The lowest BCUT2D eigenvalue weighted by Gasteiger charge is -2.16. The van der Waals surface area contributed by atoms with Crippen LogP contribution in [0.15, 0.2) is 0 Å². The van der Waals surface area contributed by atoms with Crippen molar-refractivity contribution in [1.82, 2.24) is 4.90 Å². The van der Waals surface area contributed by atoms with Crippen molar-refractivity contribution in [3.63, 3.8) is 0 Å². The van der Waals surface area contributed by atoms with E-state index in [1.54, 1.807) is 11.9 Å². The van der Waals surface area contributed by atoms with E-state index in [1.807, 2.05) is 13.8 Å². The molecule has 106 valence electrons. The van der Waals surface area contributed by atoms with Gasteiger partial charge in [-0.1, -0.05) is 12.2 Å². The summed E-state index contributed by atoms with van der Waals surface area (Å²) in [6.07, 6.45) is 1.14. The lowest BCUT2D eigenvalue weighted by Crippen LogP contribution is -2.30. The van der Waals surface area contributed by atoms with Crippen molar-refractivity contribution >= 4 is 23.1 Å². The largest absolute Gasteiger partial charge is 0.393 e. The SMILES string of the molecule is CC(C)OCCOCCC(=O)N(C)CCC(N)=S. The molecule has 0 aliphatic rings. The van der Waals surface area contributed by atoms with Gasteiger partial charge in [0.1, 0.15) is 0 Å². The van der Waals surface area contributed by atoms with Gasteiger partial charge < -0.3 is 20.1 Å². The lowest BCUT2D eigenvalue weighted by molar-refractivity contribution is -0.131. The Hall–Kier alpha value is -0.720. The molecule has 5 nitrogen and oxygen atoms in total. The number of nitrogens with zero attached hydrogens (tertiary/aromatic N) is 1. The molecule has 0 unspecified atom stereocenters. The minimum atomic E-state index is 0.0380. The topological polar surface area (TPSA) is 64.8 Å². The molecule has 0 fully saturated rings. The van der Waals surface area contributed by atoms with Crippen molar-refractivity contribution in [2.45, 2.75) is 32.8 Å². The molecule has 0 aromatic rings. The van der Waals surface area contributed by atoms with Crippen molar-refractivity contribution in [3.8, 4) is 0 Å². The highest BCUT2D eigenvalue weighted by Crippen LogP contribution is 1.95. The summed E-state index contributed by atoms with van der Waals surface area (Å²) in [5, 5.41) is 0. The van der Waals surface area contributed by atoms with Crippen LogP contribution in [0.4, 0.5) is 0 Å². The Morgan fingerprint density at radius 2 is 1.94 bits per heavy atom. The predicted molar refractivity (Wildman–Crippen MR) is 75.6 cm³/mol. The van der Waals surface area contributed by atoms with Gasteiger partial charge in [0, 0.05) is 20.0 Å². The summed E-state index contributed by atoms with van der Waals surface area (Å²) in [7, 11) is 1.74.